The minimum Gasteiger partial charge on any atom is -0.460 e. The topological polar surface area (TPSA) is 64.6 Å². The SMILES string of the molecule is CC(=O)OC1CCNC1C(=O)OC(C)(C)C. The first-order valence-corrected chi connectivity index (χ1v) is 5.43. The Kier molecular flexibility index (Phi) is 3.91. The molecule has 1 aliphatic heterocycles. The lowest BCUT2D eigenvalue weighted by molar-refractivity contribution is -0.162. The third kappa shape index (κ3) is 3.81. The Labute approximate surface area is 95.5 Å². The van der Waals surface area contributed by atoms with Gasteiger partial charge in [-0.25, -0.2) is 0 Å². The fraction of sp³-hybridized carbons (Fsp3) is 0.818. The maximum atomic E-state index is 11.8. The first-order chi connectivity index (χ1) is 7.29. The van der Waals surface area contributed by atoms with Crippen LogP contribution in [0.25, 0.3) is 0 Å². The maximum Gasteiger partial charge on any atom is 0.327 e. The van der Waals surface area contributed by atoms with Crippen molar-refractivity contribution >= 4 is 11.9 Å². The molecular weight excluding hydrogens is 210 g/mol. The third-order valence-corrected chi connectivity index (χ3v) is 2.14. The zero-order chi connectivity index (χ0) is 12.3. The van der Waals surface area contributed by atoms with E-state index in [1.54, 1.807) is 20.8 Å². The molecule has 1 rings (SSSR count). The molecule has 0 spiro atoms. The summed E-state index contributed by atoms with van der Waals surface area (Å²) in [5.74, 6) is -0.737. The van der Waals surface area contributed by atoms with Crippen molar-refractivity contribution in [2.75, 3.05) is 6.54 Å². The van der Waals surface area contributed by atoms with Gasteiger partial charge in [0, 0.05) is 6.92 Å². The molecule has 1 saturated heterocycles. The molecule has 1 N–H and O–H groups in total. The van der Waals surface area contributed by atoms with Crippen LogP contribution in [-0.2, 0) is 19.1 Å². The molecule has 0 bridgehead atoms. The number of carbonyl (C=O) groups is 2. The summed E-state index contributed by atoms with van der Waals surface area (Å²) in [6.45, 7) is 7.41. The molecule has 5 nitrogen and oxygen atoms in total. The predicted molar refractivity (Wildman–Crippen MR) is 57.8 cm³/mol. The van der Waals surface area contributed by atoms with Crippen molar-refractivity contribution in [3.63, 3.8) is 0 Å². The summed E-state index contributed by atoms with van der Waals surface area (Å²) in [5.41, 5.74) is -0.526. The molecule has 0 aromatic heterocycles. The molecule has 2 atom stereocenters. The summed E-state index contributed by atoms with van der Waals surface area (Å²) < 4.78 is 10.3. The van der Waals surface area contributed by atoms with Crippen LogP contribution in [0.2, 0.25) is 0 Å². The second-order valence-electron chi connectivity index (χ2n) is 4.90. The lowest BCUT2D eigenvalue weighted by atomic mass is 10.1. The fourth-order valence-electron chi connectivity index (χ4n) is 1.62. The number of hydrogen-bond acceptors (Lipinski definition) is 5. The van der Waals surface area contributed by atoms with Gasteiger partial charge in [0.15, 0.2) is 0 Å². The smallest absolute Gasteiger partial charge is 0.327 e. The van der Waals surface area contributed by atoms with Crippen molar-refractivity contribution in [2.45, 2.75) is 51.9 Å². The summed E-state index contributed by atoms with van der Waals surface area (Å²) >= 11 is 0. The Morgan fingerprint density at radius 2 is 1.94 bits per heavy atom. The molecule has 16 heavy (non-hydrogen) atoms. The summed E-state index contributed by atoms with van der Waals surface area (Å²) in [6, 6.07) is -0.539. The zero-order valence-electron chi connectivity index (χ0n) is 10.2. The molecule has 0 radical (unpaired) electrons. The molecule has 92 valence electrons. The third-order valence-electron chi connectivity index (χ3n) is 2.14. The van der Waals surface area contributed by atoms with Crippen molar-refractivity contribution in [1.82, 2.24) is 5.32 Å². The van der Waals surface area contributed by atoms with Crippen LogP contribution in [0.1, 0.15) is 34.1 Å². The predicted octanol–water partition coefficient (Wildman–Crippen LogP) is 0.622. The Hall–Kier alpha value is -1.10. The van der Waals surface area contributed by atoms with Crippen LogP contribution in [0.5, 0.6) is 0 Å². The second kappa shape index (κ2) is 4.82. The Balaban J connectivity index is 2.57. The largest absolute Gasteiger partial charge is 0.460 e. The van der Waals surface area contributed by atoms with Crippen molar-refractivity contribution in [3.05, 3.63) is 0 Å². The zero-order valence-corrected chi connectivity index (χ0v) is 10.2. The second-order valence-corrected chi connectivity index (χ2v) is 4.90. The highest BCUT2D eigenvalue weighted by atomic mass is 16.6. The molecule has 0 amide bonds. The molecule has 0 aliphatic carbocycles. The highest BCUT2D eigenvalue weighted by Gasteiger charge is 2.37. The van der Waals surface area contributed by atoms with E-state index in [1.165, 1.54) is 6.92 Å². The van der Waals surface area contributed by atoms with E-state index in [9.17, 15) is 9.59 Å². The number of carbonyl (C=O) groups excluding carboxylic acids is 2. The van der Waals surface area contributed by atoms with E-state index < -0.39 is 17.7 Å². The van der Waals surface area contributed by atoms with Gasteiger partial charge in [-0.1, -0.05) is 0 Å². The van der Waals surface area contributed by atoms with Gasteiger partial charge in [0.25, 0.3) is 0 Å². The molecule has 0 saturated carbocycles. The monoisotopic (exact) mass is 229 g/mol. The van der Waals surface area contributed by atoms with Gasteiger partial charge in [-0.3, -0.25) is 9.59 Å². The fourth-order valence-corrected chi connectivity index (χ4v) is 1.62. The number of rotatable bonds is 2. The summed E-state index contributed by atoms with van der Waals surface area (Å²) in [4.78, 5) is 22.6. The maximum absolute atomic E-state index is 11.8. The van der Waals surface area contributed by atoms with E-state index in [1.807, 2.05) is 0 Å². The van der Waals surface area contributed by atoms with E-state index in [4.69, 9.17) is 9.47 Å². The molecular formula is C11H19NO4. The van der Waals surface area contributed by atoms with Gasteiger partial charge < -0.3 is 14.8 Å². The van der Waals surface area contributed by atoms with Gasteiger partial charge in [0.05, 0.1) is 0 Å². The van der Waals surface area contributed by atoms with Crippen LogP contribution in [0, 0.1) is 0 Å². The minimum atomic E-state index is -0.539. The van der Waals surface area contributed by atoms with Crippen LogP contribution < -0.4 is 5.32 Å². The van der Waals surface area contributed by atoms with Crippen molar-refractivity contribution in [3.8, 4) is 0 Å². The van der Waals surface area contributed by atoms with E-state index in [0.717, 1.165) is 0 Å². The highest BCUT2D eigenvalue weighted by molar-refractivity contribution is 5.78. The standard InChI is InChI=1S/C11H19NO4/c1-7(13)15-8-5-6-12-9(8)10(14)16-11(2,3)4/h8-9,12H,5-6H2,1-4H3. The van der Waals surface area contributed by atoms with Crippen LogP contribution >= 0.6 is 0 Å². The molecule has 1 heterocycles. The van der Waals surface area contributed by atoms with Crippen molar-refractivity contribution in [2.24, 2.45) is 0 Å². The lowest BCUT2D eigenvalue weighted by Crippen LogP contribution is -2.44. The lowest BCUT2D eigenvalue weighted by Gasteiger charge is -2.24. The van der Waals surface area contributed by atoms with Crippen LogP contribution in [0.4, 0.5) is 0 Å². The highest BCUT2D eigenvalue weighted by Crippen LogP contribution is 2.16. The average molecular weight is 229 g/mol. The summed E-state index contributed by atoms with van der Waals surface area (Å²) in [7, 11) is 0. The Bertz CT molecular complexity index is 282. The molecule has 0 aromatic rings. The summed E-state index contributed by atoms with van der Waals surface area (Å²) in [6.07, 6.45) is 0.232. The molecule has 2 unspecified atom stereocenters. The summed E-state index contributed by atoms with van der Waals surface area (Å²) in [5, 5.41) is 2.98. The molecule has 0 aromatic carbocycles. The number of nitrogens with one attached hydrogen (secondary N) is 1. The van der Waals surface area contributed by atoms with Crippen molar-refractivity contribution in [1.29, 1.82) is 0 Å². The van der Waals surface area contributed by atoms with Gasteiger partial charge in [0.2, 0.25) is 0 Å². The van der Waals surface area contributed by atoms with Gasteiger partial charge in [0.1, 0.15) is 17.7 Å². The Morgan fingerprint density at radius 1 is 1.31 bits per heavy atom. The van der Waals surface area contributed by atoms with Gasteiger partial charge >= 0.3 is 11.9 Å². The van der Waals surface area contributed by atoms with Crippen LogP contribution in [0.15, 0.2) is 0 Å². The molecule has 1 fully saturated rings. The number of hydrogen-bond donors (Lipinski definition) is 1. The first-order valence-electron chi connectivity index (χ1n) is 5.43. The Morgan fingerprint density at radius 3 is 2.44 bits per heavy atom. The van der Waals surface area contributed by atoms with E-state index in [-0.39, 0.29) is 11.9 Å². The van der Waals surface area contributed by atoms with Crippen molar-refractivity contribution < 1.29 is 19.1 Å². The van der Waals surface area contributed by atoms with Gasteiger partial charge in [-0.05, 0) is 33.7 Å². The number of ether oxygens (including phenoxy) is 2. The normalized spacial score (nSPS) is 25.2. The minimum absolute atomic E-state index is 0.365. The van der Waals surface area contributed by atoms with Crippen LogP contribution in [0.3, 0.4) is 0 Å². The van der Waals surface area contributed by atoms with Gasteiger partial charge in [-0.15, -0.1) is 0 Å². The van der Waals surface area contributed by atoms with E-state index in [0.29, 0.717) is 13.0 Å². The average Bonchev–Trinajstić information content (AvgIpc) is 2.47. The molecule has 1 aliphatic rings. The van der Waals surface area contributed by atoms with E-state index >= 15 is 0 Å². The first kappa shape index (κ1) is 13.0. The quantitative estimate of drug-likeness (QED) is 0.703. The van der Waals surface area contributed by atoms with Gasteiger partial charge in [-0.2, -0.15) is 0 Å². The molecule has 5 heteroatoms. The van der Waals surface area contributed by atoms with E-state index in [2.05, 4.69) is 5.32 Å². The van der Waals surface area contributed by atoms with Crippen LogP contribution in [-0.4, -0.2) is 36.2 Å². The number of esters is 2.